The van der Waals surface area contributed by atoms with Crippen molar-refractivity contribution in [1.29, 1.82) is 0 Å². The maximum atomic E-state index is 14.3. The minimum absolute atomic E-state index is 0.125. The van der Waals surface area contributed by atoms with Gasteiger partial charge in [-0.05, 0) is 63.0 Å². The second-order valence-corrected chi connectivity index (χ2v) is 6.78. The fraction of sp³-hybridized carbons (Fsp3) is 0.444. The van der Waals surface area contributed by atoms with Crippen molar-refractivity contribution in [1.82, 2.24) is 14.5 Å². The molecule has 3 aliphatic rings. The summed E-state index contributed by atoms with van der Waals surface area (Å²) in [4.78, 5) is 18.2. The second-order valence-electron chi connectivity index (χ2n) is 6.78. The van der Waals surface area contributed by atoms with Crippen molar-refractivity contribution in [2.24, 2.45) is 11.7 Å². The summed E-state index contributed by atoms with van der Waals surface area (Å²) in [5.74, 6) is -0.523. The quantitative estimate of drug-likeness (QED) is 0.880. The Balaban J connectivity index is 1.89. The van der Waals surface area contributed by atoms with E-state index in [1.807, 2.05) is 4.57 Å². The SMILES string of the molecule is C[C@H]1[C@H](n2c(C(N)=O)ccc2-c2cccnc2F)C2CCN1CC2. The van der Waals surface area contributed by atoms with Crippen LogP contribution in [0.4, 0.5) is 4.39 Å². The molecule has 0 radical (unpaired) electrons. The number of hydrogen-bond donors (Lipinski definition) is 1. The van der Waals surface area contributed by atoms with E-state index in [9.17, 15) is 9.18 Å². The van der Waals surface area contributed by atoms with Crippen LogP contribution in [0.25, 0.3) is 11.3 Å². The summed E-state index contributed by atoms with van der Waals surface area (Å²) in [6.45, 7) is 4.36. The standard InChI is InChI=1S/C18H21FN4O/c1-11-16(12-6-9-22(11)10-7-12)23-14(4-5-15(23)18(20)24)13-3-2-8-21-17(13)19/h2-5,8,11-12,16H,6-7,9-10H2,1H3,(H2,20,24)/t11-,16-/m0/s1. The van der Waals surface area contributed by atoms with Gasteiger partial charge in [0.2, 0.25) is 5.95 Å². The number of piperidine rings is 3. The van der Waals surface area contributed by atoms with Crippen LogP contribution in [0, 0.1) is 11.9 Å². The Morgan fingerprint density at radius 1 is 1.29 bits per heavy atom. The number of amides is 1. The fourth-order valence-electron chi connectivity index (χ4n) is 4.47. The molecule has 0 aliphatic carbocycles. The van der Waals surface area contributed by atoms with Gasteiger partial charge in [-0.2, -0.15) is 4.39 Å². The number of halogens is 1. The van der Waals surface area contributed by atoms with Crippen molar-refractivity contribution < 1.29 is 9.18 Å². The van der Waals surface area contributed by atoms with Crippen LogP contribution in [0.5, 0.6) is 0 Å². The monoisotopic (exact) mass is 328 g/mol. The maximum absolute atomic E-state index is 14.3. The molecule has 5 nitrogen and oxygen atoms in total. The van der Waals surface area contributed by atoms with Crippen molar-refractivity contribution in [2.45, 2.75) is 31.8 Å². The van der Waals surface area contributed by atoms with Crippen molar-refractivity contribution >= 4 is 5.91 Å². The Morgan fingerprint density at radius 3 is 2.67 bits per heavy atom. The highest BCUT2D eigenvalue weighted by Crippen LogP contribution is 2.43. The summed E-state index contributed by atoms with van der Waals surface area (Å²) in [7, 11) is 0. The van der Waals surface area contributed by atoms with Gasteiger partial charge in [-0.15, -0.1) is 0 Å². The Kier molecular flexibility index (Phi) is 3.64. The number of carbonyl (C=O) groups excluding carboxylic acids is 1. The summed E-state index contributed by atoms with van der Waals surface area (Å²) >= 11 is 0. The van der Waals surface area contributed by atoms with E-state index in [4.69, 9.17) is 5.73 Å². The molecule has 2 aromatic rings. The first kappa shape index (κ1) is 15.3. The molecule has 2 N–H and O–H groups in total. The van der Waals surface area contributed by atoms with Gasteiger partial charge in [-0.25, -0.2) is 4.98 Å². The van der Waals surface area contributed by atoms with Crippen LogP contribution in [-0.2, 0) is 0 Å². The van der Waals surface area contributed by atoms with Crippen LogP contribution in [0.3, 0.4) is 0 Å². The first-order valence-corrected chi connectivity index (χ1v) is 8.44. The zero-order valence-electron chi connectivity index (χ0n) is 13.7. The molecular formula is C18H21FN4O. The highest BCUT2D eigenvalue weighted by molar-refractivity contribution is 5.92. The summed E-state index contributed by atoms with van der Waals surface area (Å²) in [5.41, 5.74) is 7.15. The van der Waals surface area contributed by atoms with E-state index in [1.54, 1.807) is 24.3 Å². The summed E-state index contributed by atoms with van der Waals surface area (Å²) < 4.78 is 16.2. The molecule has 0 unspecified atom stereocenters. The Bertz CT molecular complexity index is 777. The smallest absolute Gasteiger partial charge is 0.265 e. The third kappa shape index (κ3) is 2.24. The predicted octanol–water partition coefficient (Wildman–Crippen LogP) is 2.44. The number of nitrogens with two attached hydrogens (primary N) is 1. The van der Waals surface area contributed by atoms with Crippen molar-refractivity contribution in [2.75, 3.05) is 13.1 Å². The molecule has 3 saturated heterocycles. The predicted molar refractivity (Wildman–Crippen MR) is 88.9 cm³/mol. The molecule has 0 aromatic carbocycles. The molecule has 0 saturated carbocycles. The molecule has 24 heavy (non-hydrogen) atoms. The van der Waals surface area contributed by atoms with E-state index in [-0.39, 0.29) is 6.04 Å². The normalized spacial score (nSPS) is 28.9. The van der Waals surface area contributed by atoms with Gasteiger partial charge in [0.25, 0.3) is 5.91 Å². The molecule has 5 heterocycles. The van der Waals surface area contributed by atoms with Gasteiger partial charge in [0, 0.05) is 12.2 Å². The first-order valence-electron chi connectivity index (χ1n) is 8.44. The lowest BCUT2D eigenvalue weighted by Crippen LogP contribution is -2.54. The lowest BCUT2D eigenvalue weighted by molar-refractivity contribution is 0.00603. The van der Waals surface area contributed by atoms with E-state index in [2.05, 4.69) is 16.8 Å². The molecule has 0 spiro atoms. The average Bonchev–Trinajstić information content (AvgIpc) is 3.01. The average molecular weight is 328 g/mol. The third-order valence-electron chi connectivity index (χ3n) is 5.63. The van der Waals surface area contributed by atoms with E-state index in [0.29, 0.717) is 28.9 Å². The van der Waals surface area contributed by atoms with Gasteiger partial charge < -0.3 is 10.3 Å². The molecule has 3 fully saturated rings. The number of rotatable bonds is 3. The lowest BCUT2D eigenvalue weighted by Gasteiger charge is -2.51. The van der Waals surface area contributed by atoms with Crippen LogP contribution in [0.15, 0.2) is 30.5 Å². The van der Waals surface area contributed by atoms with E-state index in [0.717, 1.165) is 25.9 Å². The number of carbonyl (C=O) groups is 1. The minimum atomic E-state index is -0.526. The number of pyridine rings is 1. The maximum Gasteiger partial charge on any atom is 0.265 e. The lowest BCUT2D eigenvalue weighted by atomic mass is 9.79. The topological polar surface area (TPSA) is 64.1 Å². The van der Waals surface area contributed by atoms with E-state index in [1.165, 1.54) is 6.20 Å². The highest BCUT2D eigenvalue weighted by Gasteiger charge is 2.42. The van der Waals surface area contributed by atoms with Gasteiger partial charge in [-0.3, -0.25) is 9.69 Å². The van der Waals surface area contributed by atoms with Crippen LogP contribution in [-0.4, -0.2) is 39.5 Å². The Morgan fingerprint density at radius 2 is 2.04 bits per heavy atom. The molecule has 126 valence electrons. The molecule has 1 amide bonds. The van der Waals surface area contributed by atoms with Crippen molar-refractivity contribution in [3.63, 3.8) is 0 Å². The zero-order chi connectivity index (χ0) is 16.8. The number of primary amides is 1. The van der Waals surface area contributed by atoms with E-state index < -0.39 is 11.9 Å². The highest BCUT2D eigenvalue weighted by atomic mass is 19.1. The van der Waals surface area contributed by atoms with Gasteiger partial charge in [0.1, 0.15) is 5.69 Å². The van der Waals surface area contributed by atoms with Crippen molar-refractivity contribution in [3.05, 3.63) is 42.1 Å². The number of nitrogens with zero attached hydrogens (tertiary/aromatic N) is 3. The summed E-state index contributed by atoms with van der Waals surface area (Å²) in [5, 5.41) is 0. The van der Waals surface area contributed by atoms with Crippen LogP contribution >= 0.6 is 0 Å². The molecule has 2 atom stereocenters. The second kappa shape index (κ2) is 5.70. The number of hydrogen-bond acceptors (Lipinski definition) is 3. The van der Waals surface area contributed by atoms with Gasteiger partial charge in [0.05, 0.1) is 17.3 Å². The largest absolute Gasteiger partial charge is 0.364 e. The number of fused-ring (bicyclic) bond motifs is 3. The van der Waals surface area contributed by atoms with Gasteiger partial charge in [0.15, 0.2) is 0 Å². The van der Waals surface area contributed by atoms with Crippen LogP contribution < -0.4 is 5.73 Å². The molecule has 6 heteroatoms. The first-order chi connectivity index (χ1) is 11.6. The van der Waals surface area contributed by atoms with Crippen LogP contribution in [0.2, 0.25) is 0 Å². The van der Waals surface area contributed by atoms with Crippen molar-refractivity contribution in [3.8, 4) is 11.3 Å². The summed E-state index contributed by atoms with van der Waals surface area (Å²) in [6, 6.07) is 7.31. The Labute approximate surface area is 140 Å². The van der Waals surface area contributed by atoms with Gasteiger partial charge >= 0.3 is 0 Å². The molecule has 2 aromatic heterocycles. The third-order valence-corrected chi connectivity index (χ3v) is 5.63. The van der Waals surface area contributed by atoms with Crippen LogP contribution in [0.1, 0.15) is 36.3 Å². The Hall–Kier alpha value is -2.21. The van der Waals surface area contributed by atoms with E-state index >= 15 is 0 Å². The molecule has 5 rings (SSSR count). The minimum Gasteiger partial charge on any atom is -0.364 e. The molecular weight excluding hydrogens is 307 g/mol. The summed E-state index contributed by atoms with van der Waals surface area (Å²) in [6.07, 6.45) is 3.62. The zero-order valence-corrected chi connectivity index (χ0v) is 13.7. The molecule has 3 aliphatic heterocycles. The molecule has 2 bridgehead atoms. The fourth-order valence-corrected chi connectivity index (χ4v) is 4.47. The van der Waals surface area contributed by atoms with Gasteiger partial charge in [-0.1, -0.05) is 0 Å². The number of aromatic nitrogens is 2.